The smallest absolute Gasteiger partial charge is 0.251 e. The zero-order valence-corrected chi connectivity index (χ0v) is 12.0. The van der Waals surface area contributed by atoms with E-state index in [1.807, 2.05) is 18.2 Å². The van der Waals surface area contributed by atoms with Crippen LogP contribution in [0.25, 0.3) is 10.2 Å². The Bertz CT molecular complexity index is 613. The zero-order chi connectivity index (χ0) is 13.9. The van der Waals surface area contributed by atoms with Crippen molar-refractivity contribution in [3.05, 3.63) is 29.3 Å². The van der Waals surface area contributed by atoms with Gasteiger partial charge in [-0.25, -0.2) is 4.98 Å². The molecule has 1 fully saturated rings. The highest BCUT2D eigenvalue weighted by atomic mass is 32.1. The maximum Gasteiger partial charge on any atom is 0.251 e. The van der Waals surface area contributed by atoms with E-state index in [0.29, 0.717) is 18.8 Å². The van der Waals surface area contributed by atoms with Crippen LogP contribution in [0.2, 0.25) is 0 Å². The Balaban J connectivity index is 1.74. The van der Waals surface area contributed by atoms with Crippen molar-refractivity contribution in [2.75, 3.05) is 20.3 Å². The molecule has 6 heteroatoms. The van der Waals surface area contributed by atoms with E-state index in [1.54, 1.807) is 24.0 Å². The fourth-order valence-corrected chi connectivity index (χ4v) is 3.02. The lowest BCUT2D eigenvalue weighted by Gasteiger charge is -2.31. The van der Waals surface area contributed by atoms with Crippen molar-refractivity contribution < 1.29 is 14.3 Å². The topological polar surface area (TPSA) is 60.5 Å². The molecule has 1 aromatic carbocycles. The van der Waals surface area contributed by atoms with Gasteiger partial charge in [0.15, 0.2) is 0 Å². The third-order valence-electron chi connectivity index (χ3n) is 3.52. The Labute approximate surface area is 120 Å². The highest BCUT2D eigenvalue weighted by Crippen LogP contribution is 2.19. The highest BCUT2D eigenvalue weighted by Gasteiger charge is 2.27. The van der Waals surface area contributed by atoms with Crippen molar-refractivity contribution in [2.45, 2.75) is 18.6 Å². The number of aromatic nitrogens is 1. The summed E-state index contributed by atoms with van der Waals surface area (Å²) in [7, 11) is 1.64. The molecule has 1 N–H and O–H groups in total. The van der Waals surface area contributed by atoms with Crippen LogP contribution >= 0.6 is 11.3 Å². The summed E-state index contributed by atoms with van der Waals surface area (Å²) in [5, 5.41) is 3.02. The first-order chi connectivity index (χ1) is 9.78. The first-order valence-corrected chi connectivity index (χ1v) is 7.40. The second-order valence-corrected chi connectivity index (χ2v) is 5.64. The molecule has 20 heavy (non-hydrogen) atoms. The van der Waals surface area contributed by atoms with Crippen molar-refractivity contribution in [2.24, 2.45) is 0 Å². The summed E-state index contributed by atoms with van der Waals surface area (Å²) in [6, 6.07) is 5.58. The summed E-state index contributed by atoms with van der Waals surface area (Å²) in [5.41, 5.74) is 3.27. The number of rotatable bonds is 3. The van der Waals surface area contributed by atoms with E-state index in [1.165, 1.54) is 0 Å². The first kappa shape index (κ1) is 13.5. The van der Waals surface area contributed by atoms with Gasteiger partial charge in [-0.15, -0.1) is 11.3 Å². The Morgan fingerprint density at radius 2 is 2.45 bits per heavy atom. The standard InChI is InChI=1S/C14H16N2O3S/c1-18-12-7-19-5-4-10(12)16-14(17)9-2-3-13-11(6-9)15-8-20-13/h2-3,6,8,10,12H,4-5,7H2,1H3,(H,16,17)/t10-,12-/m1/s1. The number of benzene rings is 1. The number of carbonyl (C=O) groups excluding carboxylic acids is 1. The molecule has 0 radical (unpaired) electrons. The Morgan fingerprint density at radius 1 is 1.55 bits per heavy atom. The normalized spacial score (nSPS) is 22.9. The Hall–Kier alpha value is -1.50. The van der Waals surface area contributed by atoms with E-state index < -0.39 is 0 Å². The van der Waals surface area contributed by atoms with E-state index in [-0.39, 0.29) is 18.1 Å². The Kier molecular flexibility index (Phi) is 3.95. The van der Waals surface area contributed by atoms with E-state index in [9.17, 15) is 4.79 Å². The van der Waals surface area contributed by atoms with Gasteiger partial charge in [-0.3, -0.25) is 4.79 Å². The molecular weight excluding hydrogens is 276 g/mol. The van der Waals surface area contributed by atoms with Crippen LogP contribution in [-0.2, 0) is 9.47 Å². The van der Waals surface area contributed by atoms with Gasteiger partial charge in [-0.05, 0) is 24.6 Å². The molecule has 1 aliphatic heterocycles. The van der Waals surface area contributed by atoms with Crippen LogP contribution < -0.4 is 5.32 Å². The van der Waals surface area contributed by atoms with Gasteiger partial charge in [-0.1, -0.05) is 0 Å². The van der Waals surface area contributed by atoms with Crippen LogP contribution in [-0.4, -0.2) is 43.4 Å². The van der Waals surface area contributed by atoms with E-state index >= 15 is 0 Å². The molecule has 0 bridgehead atoms. The third kappa shape index (κ3) is 2.67. The van der Waals surface area contributed by atoms with Crippen molar-refractivity contribution in [1.29, 1.82) is 0 Å². The van der Waals surface area contributed by atoms with Gasteiger partial charge in [0, 0.05) is 19.3 Å². The summed E-state index contributed by atoms with van der Waals surface area (Å²) < 4.78 is 11.8. The van der Waals surface area contributed by atoms with Crippen molar-refractivity contribution >= 4 is 27.5 Å². The summed E-state index contributed by atoms with van der Waals surface area (Å²) >= 11 is 1.57. The maximum atomic E-state index is 12.3. The summed E-state index contributed by atoms with van der Waals surface area (Å²) in [6.45, 7) is 1.17. The summed E-state index contributed by atoms with van der Waals surface area (Å²) in [6.07, 6.45) is 0.680. The minimum absolute atomic E-state index is 0.00705. The number of ether oxygens (including phenoxy) is 2. The second-order valence-electron chi connectivity index (χ2n) is 4.75. The predicted octanol–water partition coefficient (Wildman–Crippen LogP) is 1.83. The molecule has 1 aliphatic rings. The molecule has 0 spiro atoms. The van der Waals surface area contributed by atoms with E-state index in [4.69, 9.17) is 9.47 Å². The number of hydrogen-bond donors (Lipinski definition) is 1. The van der Waals surface area contributed by atoms with Gasteiger partial charge in [0.2, 0.25) is 0 Å². The molecular formula is C14H16N2O3S. The average molecular weight is 292 g/mol. The van der Waals surface area contributed by atoms with Gasteiger partial charge in [0.05, 0.1) is 28.4 Å². The van der Waals surface area contributed by atoms with Crippen LogP contribution in [0.5, 0.6) is 0 Å². The molecule has 2 aromatic rings. The number of nitrogens with one attached hydrogen (secondary N) is 1. The third-order valence-corrected chi connectivity index (χ3v) is 4.33. The largest absolute Gasteiger partial charge is 0.379 e. The van der Waals surface area contributed by atoms with Crippen LogP contribution in [0.15, 0.2) is 23.7 Å². The molecule has 0 aliphatic carbocycles. The number of nitrogens with zero attached hydrogens (tertiary/aromatic N) is 1. The number of methoxy groups -OCH3 is 1. The molecule has 3 rings (SSSR count). The monoisotopic (exact) mass is 292 g/mol. The van der Waals surface area contributed by atoms with Gasteiger partial charge >= 0.3 is 0 Å². The summed E-state index contributed by atoms with van der Waals surface area (Å²) in [4.78, 5) is 16.5. The lowest BCUT2D eigenvalue weighted by molar-refractivity contribution is -0.0479. The van der Waals surface area contributed by atoms with Crippen molar-refractivity contribution in [3.63, 3.8) is 0 Å². The van der Waals surface area contributed by atoms with Crippen LogP contribution in [0.3, 0.4) is 0 Å². The molecule has 0 saturated carbocycles. The van der Waals surface area contributed by atoms with Crippen LogP contribution in [0, 0.1) is 0 Å². The number of thiazole rings is 1. The fraction of sp³-hybridized carbons (Fsp3) is 0.429. The molecule has 5 nitrogen and oxygen atoms in total. The van der Waals surface area contributed by atoms with Crippen LogP contribution in [0.4, 0.5) is 0 Å². The molecule has 1 amide bonds. The van der Waals surface area contributed by atoms with Gasteiger partial charge < -0.3 is 14.8 Å². The predicted molar refractivity (Wildman–Crippen MR) is 77.1 cm³/mol. The molecule has 106 valence electrons. The quantitative estimate of drug-likeness (QED) is 0.937. The maximum absolute atomic E-state index is 12.3. The fourth-order valence-electron chi connectivity index (χ4n) is 2.36. The number of fused-ring (bicyclic) bond motifs is 1. The highest BCUT2D eigenvalue weighted by molar-refractivity contribution is 7.16. The lowest BCUT2D eigenvalue weighted by Crippen LogP contribution is -2.49. The SMILES string of the molecule is CO[C@@H]1COCC[C@H]1NC(=O)c1ccc2scnc2c1. The van der Waals surface area contributed by atoms with Gasteiger partial charge in [0.1, 0.15) is 6.10 Å². The molecule has 2 atom stereocenters. The minimum Gasteiger partial charge on any atom is -0.379 e. The molecule has 1 aromatic heterocycles. The van der Waals surface area contributed by atoms with Crippen molar-refractivity contribution in [3.8, 4) is 0 Å². The second kappa shape index (κ2) is 5.87. The average Bonchev–Trinajstić information content (AvgIpc) is 2.95. The molecule has 2 heterocycles. The van der Waals surface area contributed by atoms with E-state index in [2.05, 4.69) is 10.3 Å². The van der Waals surface area contributed by atoms with Crippen molar-refractivity contribution in [1.82, 2.24) is 10.3 Å². The number of amides is 1. The molecule has 0 unspecified atom stereocenters. The summed E-state index contributed by atoms with van der Waals surface area (Å²) in [5.74, 6) is -0.0890. The van der Waals surface area contributed by atoms with E-state index in [0.717, 1.165) is 16.6 Å². The zero-order valence-electron chi connectivity index (χ0n) is 11.2. The van der Waals surface area contributed by atoms with Gasteiger partial charge in [0.25, 0.3) is 5.91 Å². The first-order valence-electron chi connectivity index (χ1n) is 6.52. The number of hydrogen-bond acceptors (Lipinski definition) is 5. The lowest BCUT2D eigenvalue weighted by atomic mass is 10.1. The van der Waals surface area contributed by atoms with Crippen LogP contribution in [0.1, 0.15) is 16.8 Å². The molecule has 1 saturated heterocycles. The minimum atomic E-state index is -0.0890. The number of carbonyl (C=O) groups is 1. The van der Waals surface area contributed by atoms with Gasteiger partial charge in [-0.2, -0.15) is 0 Å². The Morgan fingerprint density at radius 3 is 3.30 bits per heavy atom.